The van der Waals surface area contributed by atoms with Crippen molar-refractivity contribution >= 4 is 64.6 Å². The summed E-state index contributed by atoms with van der Waals surface area (Å²) in [6.45, 7) is 6.77. The molecule has 5 aromatic rings. The molecule has 1 aromatic heterocycles. The van der Waals surface area contributed by atoms with Crippen molar-refractivity contribution in [1.29, 1.82) is 0 Å². The molecule has 0 saturated carbocycles. The molecule has 2 aliphatic heterocycles. The van der Waals surface area contributed by atoms with E-state index in [1.807, 2.05) is 74.5 Å². The molecule has 7 rings (SSSR count). The first-order chi connectivity index (χ1) is 39.8. The lowest BCUT2D eigenvalue weighted by Gasteiger charge is -2.30. The highest BCUT2D eigenvalue weighted by Crippen LogP contribution is 2.27. The zero-order valence-corrected chi connectivity index (χ0v) is 47.9. The summed E-state index contributed by atoms with van der Waals surface area (Å²) in [6, 6.07) is 26.2. The first kappa shape index (κ1) is 61.9. The largest absolute Gasteiger partial charge is 0.461 e. The Kier molecular flexibility index (Phi) is 22.2. The predicted octanol–water partition coefficient (Wildman–Crippen LogP) is 6.09. The van der Waals surface area contributed by atoms with E-state index in [0.717, 1.165) is 26.3 Å². The number of H-pyrrole nitrogens is 1. The zero-order chi connectivity index (χ0) is 59.6. The van der Waals surface area contributed by atoms with Crippen LogP contribution in [-0.2, 0) is 78.8 Å². The smallest absolute Gasteiger partial charge is 0.410 e. The molecule has 21 heteroatoms. The van der Waals surface area contributed by atoms with Crippen LogP contribution in [0.3, 0.4) is 0 Å². The summed E-state index contributed by atoms with van der Waals surface area (Å²) in [5, 5.41) is 11.9. The van der Waals surface area contributed by atoms with Crippen molar-refractivity contribution < 1.29 is 62.1 Å². The number of rotatable bonds is 21. The molecule has 0 unspecified atom stereocenters. The van der Waals surface area contributed by atoms with Gasteiger partial charge < -0.3 is 55.0 Å². The van der Waals surface area contributed by atoms with E-state index < -0.39 is 115 Å². The standard InChI is InChI=1S/C62H76N8O13/c1-39(2)30-48-55(72)64-49(31-44-34-63-47-27-17-16-26-46(44)47)56(73)66-50(33-53(71)80-36-41-20-10-7-11-21-41)59(76)70-35-45(32-52(70)57(74)67-54(40(3)4)58(75)65-48)83-60(77)51(69(6)62(79)82-38-43-24-14-9-15-25-43)28-18-19-29-68(5)61(78)81-37-42-22-12-8-13-23-42/h7-17,20-27,34,39-40,45,48-52,54,63H,18-19,28-33,35-38H2,1-6H3,(H,64,72)(H,65,75)(H,66,73)(H,67,74)/t45-,48+,49-,50-,51+,52+,54-/m1/s1. The van der Waals surface area contributed by atoms with E-state index >= 15 is 4.79 Å². The lowest BCUT2D eigenvalue weighted by Crippen LogP contribution is -2.59. The lowest BCUT2D eigenvalue weighted by molar-refractivity contribution is -0.155. The normalized spacial score (nSPS) is 20.0. The fourth-order valence-electron chi connectivity index (χ4n) is 10.0. The van der Waals surface area contributed by atoms with Crippen LogP contribution in [0, 0.1) is 11.8 Å². The molecule has 0 radical (unpaired) electrons. The number of ether oxygens (including phenoxy) is 4. The number of aromatic nitrogens is 1. The van der Waals surface area contributed by atoms with Crippen LogP contribution in [0.15, 0.2) is 121 Å². The second-order valence-corrected chi connectivity index (χ2v) is 21.9. The van der Waals surface area contributed by atoms with Crippen molar-refractivity contribution in [3.63, 3.8) is 0 Å². The van der Waals surface area contributed by atoms with E-state index in [2.05, 4.69) is 26.3 Å². The van der Waals surface area contributed by atoms with Crippen LogP contribution in [-0.4, -0.2) is 143 Å². The van der Waals surface area contributed by atoms with E-state index in [1.54, 1.807) is 81.7 Å². The fourth-order valence-corrected chi connectivity index (χ4v) is 10.0. The number of carbonyl (C=O) groups is 9. The molecular formula is C62H76N8O13. The van der Waals surface area contributed by atoms with Crippen LogP contribution in [0.1, 0.15) is 88.5 Å². The van der Waals surface area contributed by atoms with Gasteiger partial charge in [0.05, 0.1) is 13.0 Å². The molecule has 0 bridgehead atoms. The third-order valence-corrected chi connectivity index (χ3v) is 14.6. The van der Waals surface area contributed by atoms with Crippen molar-refractivity contribution in [2.24, 2.45) is 11.8 Å². The Morgan fingerprint density at radius 1 is 0.627 bits per heavy atom. The second kappa shape index (κ2) is 29.8. The van der Waals surface area contributed by atoms with Crippen molar-refractivity contribution in [1.82, 2.24) is 41.0 Å². The van der Waals surface area contributed by atoms with Gasteiger partial charge in [-0.2, -0.15) is 0 Å². The number of aromatic amines is 1. The molecule has 442 valence electrons. The minimum Gasteiger partial charge on any atom is -0.461 e. The molecule has 5 N–H and O–H groups in total. The lowest BCUT2D eigenvalue weighted by atomic mass is 9.98. The van der Waals surface area contributed by atoms with Gasteiger partial charge in [-0.3, -0.25) is 33.7 Å². The van der Waals surface area contributed by atoms with Gasteiger partial charge >= 0.3 is 24.1 Å². The number of nitrogens with zero attached hydrogens (tertiary/aromatic N) is 3. The van der Waals surface area contributed by atoms with E-state index in [1.165, 1.54) is 11.9 Å². The SMILES string of the molecule is CC(C)C[C@@H]1NC(=O)[C@@H](C(C)C)NC(=O)[C@@H]2C[C@@H](OC(=O)[C@H](CCCCN(C)C(=O)OCc3ccccc3)N(C)C(=O)OCc3ccccc3)CN2C(=O)[C@@H](CC(=O)OCc2ccccc2)NC(=O)[C@@H](Cc2c[nH]c3ccccc23)NC1=O. The molecule has 7 atom stereocenters. The molecule has 21 nitrogen and oxygen atoms in total. The topological polar surface area (TPSA) is 264 Å². The molecule has 4 aromatic carbocycles. The van der Waals surface area contributed by atoms with Crippen molar-refractivity contribution in [2.75, 3.05) is 27.2 Å². The minimum atomic E-state index is -1.71. The number of nitrogens with one attached hydrogen (secondary N) is 5. The van der Waals surface area contributed by atoms with Gasteiger partial charge in [-0.15, -0.1) is 0 Å². The van der Waals surface area contributed by atoms with Gasteiger partial charge in [-0.1, -0.05) is 137 Å². The monoisotopic (exact) mass is 1140 g/mol. The molecule has 83 heavy (non-hydrogen) atoms. The van der Waals surface area contributed by atoms with Crippen molar-refractivity contribution in [3.05, 3.63) is 144 Å². The first-order valence-electron chi connectivity index (χ1n) is 28.2. The average molecular weight is 1140 g/mol. The first-order valence-corrected chi connectivity index (χ1v) is 28.2. The highest BCUT2D eigenvalue weighted by atomic mass is 16.6. The average Bonchev–Trinajstić information content (AvgIpc) is 3.98. The summed E-state index contributed by atoms with van der Waals surface area (Å²) in [7, 11) is 2.98. The Balaban J connectivity index is 1.18. The summed E-state index contributed by atoms with van der Waals surface area (Å²) < 4.78 is 22.9. The van der Waals surface area contributed by atoms with Gasteiger partial charge in [0.25, 0.3) is 0 Å². The number of benzene rings is 4. The van der Waals surface area contributed by atoms with Gasteiger partial charge in [-0.05, 0) is 65.8 Å². The van der Waals surface area contributed by atoms with E-state index in [-0.39, 0.29) is 58.0 Å². The summed E-state index contributed by atoms with van der Waals surface area (Å²) in [4.78, 5) is 136. The summed E-state index contributed by atoms with van der Waals surface area (Å²) in [5.74, 6) is -6.42. The van der Waals surface area contributed by atoms with Gasteiger partial charge in [0.1, 0.15) is 62.2 Å². The number of esters is 2. The van der Waals surface area contributed by atoms with Crippen molar-refractivity contribution in [2.45, 2.75) is 135 Å². The van der Waals surface area contributed by atoms with Crippen LogP contribution in [0.2, 0.25) is 0 Å². The number of unbranched alkanes of at least 4 members (excludes halogenated alkanes) is 1. The number of fused-ring (bicyclic) bond motifs is 2. The second-order valence-electron chi connectivity index (χ2n) is 21.9. The van der Waals surface area contributed by atoms with Crippen LogP contribution in [0.25, 0.3) is 10.9 Å². The maximum Gasteiger partial charge on any atom is 0.410 e. The predicted molar refractivity (Wildman–Crippen MR) is 306 cm³/mol. The molecule has 0 spiro atoms. The highest BCUT2D eigenvalue weighted by molar-refractivity contribution is 5.99. The highest BCUT2D eigenvalue weighted by Gasteiger charge is 2.47. The molecular weight excluding hydrogens is 1060 g/mol. The number of para-hydroxylation sites is 1. The van der Waals surface area contributed by atoms with E-state index in [9.17, 15) is 38.4 Å². The fraction of sp³-hybridized carbons (Fsp3) is 0.435. The summed E-state index contributed by atoms with van der Waals surface area (Å²) in [6.07, 6.45) is -1.11. The zero-order valence-electron chi connectivity index (χ0n) is 47.9. The molecule has 7 amide bonds. The molecule has 3 heterocycles. The minimum absolute atomic E-state index is 0.0421. The van der Waals surface area contributed by atoms with Crippen molar-refractivity contribution in [3.8, 4) is 0 Å². The van der Waals surface area contributed by atoms with Gasteiger partial charge in [0, 0.05) is 50.6 Å². The number of likely N-dealkylation sites (N-methyl/N-ethyl adjacent to an activating group) is 1. The van der Waals surface area contributed by atoms with E-state index in [4.69, 9.17) is 18.9 Å². The Morgan fingerprint density at radius 3 is 1.80 bits per heavy atom. The molecule has 0 aliphatic carbocycles. The maximum atomic E-state index is 15.3. The quantitative estimate of drug-likeness (QED) is 0.0317. The number of hydrogen-bond donors (Lipinski definition) is 5. The van der Waals surface area contributed by atoms with Crippen LogP contribution < -0.4 is 21.3 Å². The van der Waals surface area contributed by atoms with E-state index in [0.29, 0.717) is 29.5 Å². The van der Waals surface area contributed by atoms with Crippen LogP contribution in [0.5, 0.6) is 0 Å². The number of hydrogen-bond acceptors (Lipinski definition) is 13. The Bertz CT molecular complexity index is 3030. The maximum absolute atomic E-state index is 15.3. The Morgan fingerprint density at radius 2 is 1.18 bits per heavy atom. The molecule has 2 fully saturated rings. The Labute approximate surface area is 483 Å². The van der Waals surface area contributed by atoms with Gasteiger partial charge in [0.15, 0.2) is 0 Å². The number of amides is 7. The molecule has 2 saturated heterocycles. The Hall–Kier alpha value is -8.75. The van der Waals surface area contributed by atoms with Gasteiger partial charge in [0.2, 0.25) is 29.5 Å². The van der Waals surface area contributed by atoms with Gasteiger partial charge in [-0.25, -0.2) is 14.4 Å². The van der Waals surface area contributed by atoms with Crippen LogP contribution in [0.4, 0.5) is 9.59 Å². The summed E-state index contributed by atoms with van der Waals surface area (Å²) in [5.41, 5.74) is 3.59. The third kappa shape index (κ3) is 17.6. The third-order valence-electron chi connectivity index (χ3n) is 14.6. The number of carbonyl (C=O) groups excluding carboxylic acids is 9. The summed E-state index contributed by atoms with van der Waals surface area (Å²) >= 11 is 0. The molecule has 2 aliphatic rings. The van der Waals surface area contributed by atoms with Crippen LogP contribution >= 0.6 is 0 Å².